The number of pyridine rings is 1. The second kappa shape index (κ2) is 7.93. The van der Waals surface area contributed by atoms with Crippen molar-refractivity contribution in [2.45, 2.75) is 13.0 Å². The Balaban J connectivity index is 1.40. The van der Waals surface area contributed by atoms with Crippen LogP contribution in [0.25, 0.3) is 16.9 Å². The number of benzene rings is 1. The van der Waals surface area contributed by atoms with Crippen molar-refractivity contribution in [3.8, 4) is 16.9 Å². The Bertz CT molecular complexity index is 1110. The zero-order valence-electron chi connectivity index (χ0n) is 17.0. The summed E-state index contributed by atoms with van der Waals surface area (Å²) in [4.78, 5) is 25.9. The van der Waals surface area contributed by atoms with Gasteiger partial charge >= 0.3 is 0 Å². The molecular formula is C23H24N6O. The van der Waals surface area contributed by atoms with Crippen LogP contribution in [0.1, 0.15) is 22.3 Å². The first kappa shape index (κ1) is 18.8. The van der Waals surface area contributed by atoms with Crippen LogP contribution in [0.3, 0.4) is 0 Å². The van der Waals surface area contributed by atoms with Crippen LogP contribution in [0.5, 0.6) is 0 Å². The van der Waals surface area contributed by atoms with E-state index in [4.69, 9.17) is 0 Å². The fraction of sp³-hybridized carbons (Fsp3) is 0.304. The van der Waals surface area contributed by atoms with E-state index in [9.17, 15) is 4.79 Å². The summed E-state index contributed by atoms with van der Waals surface area (Å²) in [6.45, 7) is 5.39. The molecule has 0 aliphatic carbocycles. The second-order valence-electron chi connectivity index (χ2n) is 7.92. The Morgan fingerprint density at radius 3 is 2.80 bits per heavy atom. The first-order valence-corrected chi connectivity index (χ1v) is 10.3. The fourth-order valence-electron chi connectivity index (χ4n) is 3.99. The van der Waals surface area contributed by atoms with Crippen molar-refractivity contribution in [1.29, 1.82) is 0 Å². The highest BCUT2D eigenvalue weighted by molar-refractivity contribution is 6.10. The number of rotatable bonds is 4. The minimum absolute atomic E-state index is 0.0626. The molecule has 0 unspecified atom stereocenters. The lowest BCUT2D eigenvalue weighted by molar-refractivity contribution is 0.100. The maximum absolute atomic E-state index is 12.2. The number of carbonyl (C=O) groups excluding carboxylic acids is 1. The zero-order valence-corrected chi connectivity index (χ0v) is 17.0. The number of fused-ring (bicyclic) bond motifs is 1. The molecule has 0 saturated carbocycles. The predicted octanol–water partition coefficient (Wildman–Crippen LogP) is 2.97. The Labute approximate surface area is 175 Å². The number of aromatic nitrogens is 3. The zero-order chi connectivity index (χ0) is 20.5. The van der Waals surface area contributed by atoms with Gasteiger partial charge in [0.1, 0.15) is 5.69 Å². The number of hydrogen-bond acceptors (Lipinski definition) is 6. The average molecular weight is 400 g/mol. The largest absolute Gasteiger partial charge is 0.304 e. The summed E-state index contributed by atoms with van der Waals surface area (Å²) in [7, 11) is 2.18. The van der Waals surface area contributed by atoms with Gasteiger partial charge in [-0.15, -0.1) is 0 Å². The molecule has 1 fully saturated rings. The maximum Gasteiger partial charge on any atom is 0.180 e. The van der Waals surface area contributed by atoms with E-state index < -0.39 is 0 Å². The number of nitrogens with zero attached hydrogens (tertiary/aromatic N) is 6. The summed E-state index contributed by atoms with van der Waals surface area (Å²) < 4.78 is 1.71. The van der Waals surface area contributed by atoms with Gasteiger partial charge in [0.05, 0.1) is 6.20 Å². The van der Waals surface area contributed by atoms with Crippen molar-refractivity contribution in [2.75, 3.05) is 33.2 Å². The summed E-state index contributed by atoms with van der Waals surface area (Å²) >= 11 is 0. The van der Waals surface area contributed by atoms with Gasteiger partial charge in [-0.3, -0.25) is 14.7 Å². The molecule has 152 valence electrons. The molecule has 3 aromatic rings. The Morgan fingerprint density at radius 2 is 1.93 bits per heavy atom. The van der Waals surface area contributed by atoms with Crippen LogP contribution in [-0.2, 0) is 6.54 Å². The maximum atomic E-state index is 12.2. The molecule has 0 amide bonds. The molecule has 4 heterocycles. The van der Waals surface area contributed by atoms with Crippen molar-refractivity contribution in [2.24, 2.45) is 4.99 Å². The highest BCUT2D eigenvalue weighted by Crippen LogP contribution is 2.30. The van der Waals surface area contributed by atoms with Gasteiger partial charge in [-0.2, -0.15) is 5.10 Å². The van der Waals surface area contributed by atoms with Crippen LogP contribution >= 0.6 is 0 Å². The normalized spacial score (nSPS) is 17.3. The van der Waals surface area contributed by atoms with Crippen molar-refractivity contribution in [1.82, 2.24) is 24.6 Å². The standard InChI is InChI=1S/C23H24N6O/c1-27-9-11-28(12-10-27)15-17-3-2-4-18(13-17)19-14-26-29(16-19)23-22-20(5-7-25-23)21(30)6-8-24-22/h2-5,7-8,13-14,16H,6,9-12,15H2,1H3. The van der Waals surface area contributed by atoms with Crippen LogP contribution in [0.2, 0.25) is 0 Å². The third-order valence-electron chi connectivity index (χ3n) is 5.76. The Morgan fingerprint density at radius 1 is 1.07 bits per heavy atom. The van der Waals surface area contributed by atoms with E-state index in [2.05, 4.69) is 56.2 Å². The van der Waals surface area contributed by atoms with Crippen LogP contribution in [0.4, 0.5) is 5.69 Å². The van der Waals surface area contributed by atoms with Gasteiger partial charge in [0.2, 0.25) is 0 Å². The minimum atomic E-state index is 0.0626. The number of hydrogen-bond donors (Lipinski definition) is 0. The predicted molar refractivity (Wildman–Crippen MR) is 117 cm³/mol. The van der Waals surface area contributed by atoms with Gasteiger partial charge < -0.3 is 4.90 Å². The van der Waals surface area contributed by atoms with E-state index in [0.29, 0.717) is 23.5 Å². The highest BCUT2D eigenvalue weighted by Gasteiger charge is 2.20. The lowest BCUT2D eigenvalue weighted by Gasteiger charge is -2.32. The van der Waals surface area contributed by atoms with E-state index in [1.165, 1.54) is 5.56 Å². The van der Waals surface area contributed by atoms with Gasteiger partial charge in [0.25, 0.3) is 0 Å². The van der Waals surface area contributed by atoms with Crippen molar-refractivity contribution < 1.29 is 4.79 Å². The summed E-state index contributed by atoms with van der Waals surface area (Å²) in [5.41, 5.74) is 4.63. The quantitative estimate of drug-likeness (QED) is 0.674. The highest BCUT2D eigenvalue weighted by atomic mass is 16.1. The number of ketones is 1. The smallest absolute Gasteiger partial charge is 0.180 e. The topological polar surface area (TPSA) is 66.6 Å². The molecule has 2 aromatic heterocycles. The monoisotopic (exact) mass is 400 g/mol. The second-order valence-corrected chi connectivity index (χ2v) is 7.92. The number of Topliss-reactive ketones (excluding diaryl/α,β-unsaturated/α-hetero) is 1. The van der Waals surface area contributed by atoms with E-state index in [1.807, 2.05) is 12.4 Å². The van der Waals surface area contributed by atoms with Gasteiger partial charge in [-0.25, -0.2) is 9.67 Å². The molecular weight excluding hydrogens is 376 g/mol. The van der Waals surface area contributed by atoms with E-state index in [-0.39, 0.29) is 5.78 Å². The van der Waals surface area contributed by atoms with Crippen molar-refractivity contribution >= 4 is 17.7 Å². The van der Waals surface area contributed by atoms with Gasteiger partial charge in [0, 0.05) is 68.9 Å². The van der Waals surface area contributed by atoms with E-state index in [0.717, 1.165) is 43.9 Å². The lowest BCUT2D eigenvalue weighted by Crippen LogP contribution is -2.43. The summed E-state index contributed by atoms with van der Waals surface area (Å²) in [6, 6.07) is 10.3. The van der Waals surface area contributed by atoms with Crippen LogP contribution in [0.15, 0.2) is 53.9 Å². The van der Waals surface area contributed by atoms with Crippen molar-refractivity contribution in [3.05, 3.63) is 60.0 Å². The molecule has 5 rings (SSSR count). The SMILES string of the molecule is CN1CCN(Cc2cccc(-c3cnn(-c4nccc5c4N=CCC5=O)c3)c2)CC1. The van der Waals surface area contributed by atoms with Gasteiger partial charge in [-0.05, 0) is 30.3 Å². The van der Waals surface area contributed by atoms with Crippen molar-refractivity contribution in [3.63, 3.8) is 0 Å². The molecule has 2 aliphatic heterocycles. The summed E-state index contributed by atoms with van der Waals surface area (Å²) in [5.74, 6) is 0.643. The summed E-state index contributed by atoms with van der Waals surface area (Å²) in [6.07, 6.45) is 7.41. The molecule has 0 atom stereocenters. The molecule has 0 radical (unpaired) electrons. The third-order valence-corrected chi connectivity index (χ3v) is 5.76. The number of likely N-dealkylation sites (N-methyl/N-ethyl adjacent to an activating group) is 1. The van der Waals surface area contributed by atoms with Crippen LogP contribution in [-0.4, -0.2) is 69.8 Å². The lowest BCUT2D eigenvalue weighted by atomic mass is 10.1. The van der Waals surface area contributed by atoms with E-state index in [1.54, 1.807) is 23.2 Å². The third kappa shape index (κ3) is 3.69. The first-order chi connectivity index (χ1) is 14.7. The van der Waals surface area contributed by atoms with Gasteiger partial charge in [-0.1, -0.05) is 18.2 Å². The molecule has 7 nitrogen and oxygen atoms in total. The van der Waals surface area contributed by atoms with Crippen LogP contribution in [0, 0.1) is 0 Å². The van der Waals surface area contributed by atoms with Crippen LogP contribution < -0.4 is 0 Å². The fourth-order valence-corrected chi connectivity index (χ4v) is 3.99. The molecule has 1 aromatic carbocycles. The van der Waals surface area contributed by atoms with E-state index >= 15 is 0 Å². The minimum Gasteiger partial charge on any atom is -0.304 e. The Hall–Kier alpha value is -3.16. The Kier molecular flexibility index (Phi) is 4.98. The number of carbonyl (C=O) groups is 1. The molecule has 0 spiro atoms. The average Bonchev–Trinajstić information content (AvgIpc) is 3.26. The molecule has 0 bridgehead atoms. The number of piperazine rings is 1. The molecule has 30 heavy (non-hydrogen) atoms. The number of aliphatic imine (C=N–C) groups is 1. The molecule has 7 heteroatoms. The first-order valence-electron chi connectivity index (χ1n) is 10.3. The molecule has 2 aliphatic rings. The van der Waals surface area contributed by atoms with Gasteiger partial charge in [0.15, 0.2) is 11.6 Å². The molecule has 0 N–H and O–H groups in total. The summed E-state index contributed by atoms with van der Waals surface area (Å²) in [5, 5.41) is 4.50. The molecule has 1 saturated heterocycles.